The van der Waals surface area contributed by atoms with E-state index in [1.807, 2.05) is 6.92 Å². The van der Waals surface area contributed by atoms with E-state index in [1.54, 1.807) is 21.0 Å². The first-order valence-electron chi connectivity index (χ1n) is 15.0. The molecule has 4 rings (SSSR count). The molecule has 6 unspecified atom stereocenters. The van der Waals surface area contributed by atoms with E-state index in [1.165, 1.54) is 4.90 Å². The molecule has 0 aromatic heterocycles. The number of fused-ring (bicyclic) bond motifs is 1. The average molecular weight is 592 g/mol. The molecule has 0 radical (unpaired) electrons. The Hall–Kier alpha value is -0.970. The van der Waals surface area contributed by atoms with E-state index in [2.05, 4.69) is 0 Å². The maximum absolute atomic E-state index is 12.9. The van der Waals surface area contributed by atoms with Crippen molar-refractivity contribution in [3.8, 4) is 0 Å². The van der Waals surface area contributed by atoms with Gasteiger partial charge in [0.25, 0.3) is 5.91 Å². The quantitative estimate of drug-likeness (QED) is 0.252. The summed E-state index contributed by atoms with van der Waals surface area (Å²) in [6.07, 6.45) is -8.30. The number of rotatable bonds is 7. The number of carbonyl (C=O) groups is 1. The van der Waals surface area contributed by atoms with Crippen molar-refractivity contribution in [1.29, 1.82) is 0 Å². The van der Waals surface area contributed by atoms with Gasteiger partial charge in [-0.1, -0.05) is 19.8 Å². The van der Waals surface area contributed by atoms with E-state index < -0.39 is 86.3 Å². The Morgan fingerprint density at radius 1 is 0.854 bits per heavy atom. The average Bonchev–Trinajstić information content (AvgIpc) is 3.07. The molecule has 1 aliphatic carbocycles. The number of aliphatic hydroxyl groups is 5. The summed E-state index contributed by atoms with van der Waals surface area (Å²) in [6, 6.07) is 0. The fourth-order valence-electron chi connectivity index (χ4n) is 6.31. The maximum atomic E-state index is 12.9. The summed E-state index contributed by atoms with van der Waals surface area (Å²) in [5.41, 5.74) is 0. The first-order valence-corrected chi connectivity index (χ1v) is 15.0. The van der Waals surface area contributed by atoms with Gasteiger partial charge in [-0.05, 0) is 44.9 Å². The van der Waals surface area contributed by atoms with Crippen molar-refractivity contribution < 1.29 is 58.7 Å². The summed E-state index contributed by atoms with van der Waals surface area (Å²) in [5, 5.41) is 52.2. The minimum Gasteiger partial charge on any atom is -0.394 e. The highest BCUT2D eigenvalue weighted by Gasteiger charge is 2.52. The molecule has 1 amide bonds. The fourth-order valence-corrected chi connectivity index (χ4v) is 6.31. The zero-order valence-electron chi connectivity index (χ0n) is 24.5. The largest absolute Gasteiger partial charge is 0.394 e. The molecule has 4 aliphatic rings. The molecule has 5 N–H and O–H groups in total. The number of amides is 1. The van der Waals surface area contributed by atoms with Crippen molar-refractivity contribution in [2.24, 2.45) is 5.92 Å². The van der Waals surface area contributed by atoms with Gasteiger partial charge in [-0.15, -0.1) is 0 Å². The maximum Gasteiger partial charge on any atom is 0.251 e. The lowest BCUT2D eigenvalue weighted by Gasteiger charge is -2.48. The lowest BCUT2D eigenvalue weighted by atomic mass is 9.82. The third kappa shape index (κ3) is 7.40. The Kier molecular flexibility index (Phi) is 11.8. The zero-order valence-corrected chi connectivity index (χ0v) is 24.5. The molecule has 41 heavy (non-hydrogen) atoms. The van der Waals surface area contributed by atoms with Crippen LogP contribution < -0.4 is 0 Å². The first kappa shape index (κ1) is 32.9. The number of hydrogen-bond acceptors (Lipinski definition) is 12. The molecule has 0 bridgehead atoms. The predicted molar refractivity (Wildman–Crippen MR) is 142 cm³/mol. The van der Waals surface area contributed by atoms with Crippen molar-refractivity contribution in [1.82, 2.24) is 4.90 Å². The van der Waals surface area contributed by atoms with E-state index in [-0.39, 0.29) is 11.8 Å². The highest BCUT2D eigenvalue weighted by atomic mass is 16.7. The van der Waals surface area contributed by atoms with Gasteiger partial charge < -0.3 is 58.9 Å². The third-order valence-electron chi connectivity index (χ3n) is 8.83. The highest BCUT2D eigenvalue weighted by molar-refractivity contribution is 5.80. The number of likely N-dealkylation sites (N-methyl/N-ethyl adjacent to an activating group) is 1. The van der Waals surface area contributed by atoms with Crippen LogP contribution in [0.15, 0.2) is 0 Å². The molecule has 3 heterocycles. The van der Waals surface area contributed by atoms with E-state index in [4.69, 9.17) is 28.4 Å². The van der Waals surface area contributed by atoms with Crippen molar-refractivity contribution in [3.63, 3.8) is 0 Å². The first-order chi connectivity index (χ1) is 19.6. The van der Waals surface area contributed by atoms with Crippen LogP contribution in [0.25, 0.3) is 0 Å². The molecule has 0 aromatic rings. The number of aliphatic hydroxyl groups excluding tert-OH is 5. The van der Waals surface area contributed by atoms with Crippen molar-refractivity contribution in [3.05, 3.63) is 0 Å². The van der Waals surface area contributed by atoms with Gasteiger partial charge >= 0.3 is 0 Å². The molecular formula is C28H49NO12. The van der Waals surface area contributed by atoms with Gasteiger partial charge in [0, 0.05) is 20.7 Å². The van der Waals surface area contributed by atoms with Crippen LogP contribution in [-0.2, 0) is 33.2 Å². The normalized spacial score (nSPS) is 46.1. The van der Waals surface area contributed by atoms with Crippen molar-refractivity contribution in [2.75, 3.05) is 27.3 Å². The van der Waals surface area contributed by atoms with Gasteiger partial charge in [0.1, 0.15) is 48.8 Å². The van der Waals surface area contributed by atoms with Crippen LogP contribution >= 0.6 is 0 Å². The highest BCUT2D eigenvalue weighted by Crippen LogP contribution is 2.37. The minimum atomic E-state index is -1.46. The summed E-state index contributed by atoms with van der Waals surface area (Å²) in [4.78, 5) is 14.3. The molecule has 13 heteroatoms. The SMILES string of the molecule is CC[C@@H]1CCC[C@@H](O[C@@H]2OC(CO)[C@H](O)C3O[C@@H](C(=O)N(C)C)CCCCOC32)C1O[C@@H]1OC(C)[C@@H](O)C(O)[C@@H]1O. The van der Waals surface area contributed by atoms with Gasteiger partial charge in [0.15, 0.2) is 12.6 Å². The van der Waals surface area contributed by atoms with E-state index >= 15 is 0 Å². The Morgan fingerprint density at radius 3 is 2.29 bits per heavy atom. The van der Waals surface area contributed by atoms with Gasteiger partial charge in [-0.3, -0.25) is 4.79 Å². The standard InChI is InChI=1S/C28H49NO12/c1-5-15-9-8-11-16(23(15)41-27-22(34)21(33)19(31)14(2)37-27)39-28-25-24(20(32)18(13-30)40-28)38-17(26(35)29(3)4)10-6-7-12-36-25/h14-25,27-28,30-34H,5-13H2,1-4H3/t14?,15-,16-,17-,18?,19-,20+,21?,22+,23?,24?,25?,27+,28-/m1/s1. The molecule has 238 valence electrons. The summed E-state index contributed by atoms with van der Waals surface area (Å²) < 4.78 is 37.0. The molecule has 13 nitrogen and oxygen atoms in total. The Bertz CT molecular complexity index is 834. The minimum absolute atomic E-state index is 0.0438. The Labute approximate surface area is 241 Å². The second kappa shape index (κ2) is 14.7. The van der Waals surface area contributed by atoms with Crippen LogP contribution in [0.1, 0.15) is 58.8 Å². The second-order valence-corrected chi connectivity index (χ2v) is 11.9. The van der Waals surface area contributed by atoms with Gasteiger partial charge in [-0.25, -0.2) is 0 Å². The van der Waals surface area contributed by atoms with E-state index in [0.717, 1.165) is 19.3 Å². The third-order valence-corrected chi connectivity index (χ3v) is 8.83. The van der Waals surface area contributed by atoms with Gasteiger partial charge in [-0.2, -0.15) is 0 Å². The predicted octanol–water partition coefficient (Wildman–Crippen LogP) is -0.716. The molecule has 4 fully saturated rings. The lowest BCUT2D eigenvalue weighted by molar-refractivity contribution is -0.352. The summed E-state index contributed by atoms with van der Waals surface area (Å²) in [6.45, 7) is 3.48. The van der Waals surface area contributed by atoms with Crippen LogP contribution in [0, 0.1) is 5.92 Å². The van der Waals surface area contributed by atoms with E-state index in [0.29, 0.717) is 32.3 Å². The number of nitrogens with zero attached hydrogens (tertiary/aromatic N) is 1. The van der Waals surface area contributed by atoms with E-state index in [9.17, 15) is 30.3 Å². The van der Waals surface area contributed by atoms with Crippen LogP contribution in [0.5, 0.6) is 0 Å². The molecular weight excluding hydrogens is 542 g/mol. The monoisotopic (exact) mass is 591 g/mol. The molecule has 0 aromatic carbocycles. The molecule has 0 spiro atoms. The van der Waals surface area contributed by atoms with Gasteiger partial charge in [0.2, 0.25) is 0 Å². The van der Waals surface area contributed by atoms with Crippen LogP contribution in [-0.4, -0.2) is 143 Å². The summed E-state index contributed by atoms with van der Waals surface area (Å²) >= 11 is 0. The summed E-state index contributed by atoms with van der Waals surface area (Å²) in [7, 11) is 3.30. The number of hydrogen-bond donors (Lipinski definition) is 5. The lowest BCUT2D eigenvalue weighted by Crippen LogP contribution is -2.63. The molecule has 3 saturated heterocycles. The topological polar surface area (TPSA) is 177 Å². The Morgan fingerprint density at radius 2 is 1.61 bits per heavy atom. The molecule has 1 saturated carbocycles. The second-order valence-electron chi connectivity index (χ2n) is 11.9. The van der Waals surface area contributed by atoms with Crippen LogP contribution in [0.3, 0.4) is 0 Å². The number of carbonyl (C=O) groups excluding carboxylic acids is 1. The van der Waals surface area contributed by atoms with Crippen molar-refractivity contribution >= 4 is 5.91 Å². The zero-order chi connectivity index (χ0) is 29.8. The summed E-state index contributed by atoms with van der Waals surface area (Å²) in [5.74, 6) is -0.177. The molecule has 3 aliphatic heterocycles. The van der Waals surface area contributed by atoms with Gasteiger partial charge in [0.05, 0.1) is 24.9 Å². The molecule has 14 atom stereocenters. The number of ether oxygens (including phenoxy) is 6. The van der Waals surface area contributed by atoms with Crippen LogP contribution in [0.4, 0.5) is 0 Å². The van der Waals surface area contributed by atoms with Crippen LogP contribution in [0.2, 0.25) is 0 Å². The van der Waals surface area contributed by atoms with Crippen molar-refractivity contribution in [2.45, 2.75) is 139 Å². The smallest absolute Gasteiger partial charge is 0.251 e. The Balaban J connectivity index is 1.57. The fraction of sp³-hybridized carbons (Fsp3) is 0.964.